The molecule has 0 saturated carbocycles. The highest BCUT2D eigenvalue weighted by Crippen LogP contribution is 2.16. The fourth-order valence-electron chi connectivity index (χ4n) is 3.53. The molecule has 1 aromatic carbocycles. The first-order valence-electron chi connectivity index (χ1n) is 10.2. The van der Waals surface area contributed by atoms with Crippen molar-refractivity contribution in [3.8, 4) is 0 Å². The molecule has 0 aliphatic carbocycles. The third-order valence-corrected chi connectivity index (χ3v) is 5.97. The highest BCUT2D eigenvalue weighted by Gasteiger charge is 2.31. The van der Waals surface area contributed by atoms with Gasteiger partial charge in [0.2, 0.25) is 5.91 Å². The monoisotopic (exact) mass is 436 g/mol. The zero-order chi connectivity index (χ0) is 21.5. The van der Waals surface area contributed by atoms with Gasteiger partial charge in [0.1, 0.15) is 11.4 Å². The third kappa shape index (κ3) is 5.74. The molecule has 2 amide bonds. The van der Waals surface area contributed by atoms with Gasteiger partial charge >= 0.3 is 0 Å². The van der Waals surface area contributed by atoms with Crippen LogP contribution in [0, 0.1) is 0 Å². The molecule has 1 atom stereocenters. The number of ether oxygens (including phenoxy) is 1. The lowest BCUT2D eigenvalue weighted by molar-refractivity contribution is -0.131. The molecule has 8 heteroatoms. The second kappa shape index (κ2) is 10.3. The van der Waals surface area contributed by atoms with Gasteiger partial charge < -0.3 is 14.5 Å². The SMILES string of the molecule is O=C1CN(C(=O)c2cncs2)CC(OCc2ccncc2)CN1CCc1ccccc1. The number of aromatic nitrogens is 2. The maximum absolute atomic E-state index is 13.0. The predicted octanol–water partition coefficient (Wildman–Crippen LogP) is 2.65. The van der Waals surface area contributed by atoms with E-state index in [1.165, 1.54) is 16.9 Å². The summed E-state index contributed by atoms with van der Waals surface area (Å²) in [4.78, 5) is 37.9. The van der Waals surface area contributed by atoms with Crippen molar-refractivity contribution in [1.29, 1.82) is 0 Å². The number of nitrogens with zero attached hydrogens (tertiary/aromatic N) is 4. The van der Waals surface area contributed by atoms with E-state index in [-0.39, 0.29) is 24.5 Å². The Hall–Kier alpha value is -3.10. The van der Waals surface area contributed by atoms with E-state index in [1.807, 2.05) is 35.2 Å². The van der Waals surface area contributed by atoms with Crippen molar-refractivity contribution in [3.05, 3.63) is 82.6 Å². The number of hydrogen-bond acceptors (Lipinski definition) is 6. The number of carbonyl (C=O) groups excluding carboxylic acids is 2. The van der Waals surface area contributed by atoms with Gasteiger partial charge in [-0.2, -0.15) is 0 Å². The van der Waals surface area contributed by atoms with Crippen LogP contribution in [0.3, 0.4) is 0 Å². The van der Waals surface area contributed by atoms with Crippen molar-refractivity contribution in [2.45, 2.75) is 19.1 Å². The minimum Gasteiger partial charge on any atom is -0.370 e. The van der Waals surface area contributed by atoms with E-state index in [2.05, 4.69) is 22.1 Å². The second-order valence-electron chi connectivity index (χ2n) is 7.42. The molecule has 31 heavy (non-hydrogen) atoms. The van der Waals surface area contributed by atoms with Crippen LogP contribution in [0.4, 0.5) is 0 Å². The molecule has 0 radical (unpaired) electrons. The summed E-state index contributed by atoms with van der Waals surface area (Å²) in [5, 5.41) is 0. The molecule has 2 aromatic heterocycles. The third-order valence-electron chi connectivity index (χ3n) is 5.21. The van der Waals surface area contributed by atoms with Crippen LogP contribution in [0.15, 0.2) is 66.6 Å². The molecule has 1 fully saturated rings. The van der Waals surface area contributed by atoms with E-state index in [4.69, 9.17) is 4.74 Å². The zero-order valence-electron chi connectivity index (χ0n) is 17.1. The fraction of sp³-hybridized carbons (Fsp3) is 0.304. The molecule has 160 valence electrons. The average Bonchev–Trinajstić information content (AvgIpc) is 3.29. The average molecular weight is 437 g/mol. The van der Waals surface area contributed by atoms with Gasteiger partial charge in [-0.05, 0) is 29.7 Å². The number of benzene rings is 1. The number of amides is 2. The fourth-order valence-corrected chi connectivity index (χ4v) is 4.12. The highest BCUT2D eigenvalue weighted by molar-refractivity contribution is 7.11. The Morgan fingerprint density at radius 3 is 2.61 bits per heavy atom. The summed E-state index contributed by atoms with van der Waals surface area (Å²) in [7, 11) is 0. The van der Waals surface area contributed by atoms with Gasteiger partial charge in [-0.1, -0.05) is 30.3 Å². The second-order valence-corrected chi connectivity index (χ2v) is 8.30. The Balaban J connectivity index is 1.47. The van der Waals surface area contributed by atoms with Crippen LogP contribution in [0.5, 0.6) is 0 Å². The Labute approximate surface area is 185 Å². The number of rotatable bonds is 7. The van der Waals surface area contributed by atoms with Gasteiger partial charge in [-0.3, -0.25) is 19.6 Å². The molecule has 0 N–H and O–H groups in total. The first kappa shape index (κ1) is 21.1. The molecular weight excluding hydrogens is 412 g/mol. The molecule has 1 saturated heterocycles. The minimum atomic E-state index is -0.285. The van der Waals surface area contributed by atoms with Crippen molar-refractivity contribution in [2.24, 2.45) is 0 Å². The molecule has 0 bridgehead atoms. The molecule has 4 rings (SSSR count). The maximum atomic E-state index is 13.0. The quantitative estimate of drug-likeness (QED) is 0.569. The van der Waals surface area contributed by atoms with E-state index in [1.54, 1.807) is 29.0 Å². The van der Waals surface area contributed by atoms with Crippen LogP contribution in [0.1, 0.15) is 20.8 Å². The van der Waals surface area contributed by atoms with Crippen LogP contribution in [-0.4, -0.2) is 63.9 Å². The first-order valence-corrected chi connectivity index (χ1v) is 11.1. The van der Waals surface area contributed by atoms with Crippen LogP contribution in [-0.2, 0) is 22.6 Å². The Bertz CT molecular complexity index is 983. The van der Waals surface area contributed by atoms with Gasteiger partial charge in [0.15, 0.2) is 0 Å². The number of hydrogen-bond donors (Lipinski definition) is 0. The summed E-state index contributed by atoms with van der Waals surface area (Å²) >= 11 is 1.28. The van der Waals surface area contributed by atoms with Gasteiger partial charge in [-0.25, -0.2) is 0 Å². The topological polar surface area (TPSA) is 75.6 Å². The number of pyridine rings is 1. The van der Waals surface area contributed by atoms with Gasteiger partial charge in [0.05, 0.1) is 24.4 Å². The lowest BCUT2D eigenvalue weighted by Crippen LogP contribution is -2.39. The predicted molar refractivity (Wildman–Crippen MR) is 118 cm³/mol. The van der Waals surface area contributed by atoms with Gasteiger partial charge in [0.25, 0.3) is 5.91 Å². The molecule has 1 aliphatic rings. The van der Waals surface area contributed by atoms with Crippen molar-refractivity contribution in [2.75, 3.05) is 26.2 Å². The van der Waals surface area contributed by atoms with Crippen LogP contribution in [0.2, 0.25) is 0 Å². The van der Waals surface area contributed by atoms with E-state index < -0.39 is 0 Å². The Morgan fingerprint density at radius 1 is 1.06 bits per heavy atom. The lowest BCUT2D eigenvalue weighted by Gasteiger charge is -2.25. The Morgan fingerprint density at radius 2 is 1.87 bits per heavy atom. The van der Waals surface area contributed by atoms with Crippen LogP contribution in [0.25, 0.3) is 0 Å². The van der Waals surface area contributed by atoms with E-state index in [0.29, 0.717) is 31.1 Å². The number of carbonyl (C=O) groups is 2. The summed E-state index contributed by atoms with van der Waals surface area (Å²) in [6.45, 7) is 1.83. The van der Waals surface area contributed by atoms with E-state index in [0.717, 1.165) is 12.0 Å². The minimum absolute atomic E-state index is 0.0423. The van der Waals surface area contributed by atoms with Crippen LogP contribution >= 0.6 is 11.3 Å². The van der Waals surface area contributed by atoms with Gasteiger partial charge in [0, 0.05) is 32.0 Å². The molecule has 7 nitrogen and oxygen atoms in total. The van der Waals surface area contributed by atoms with Gasteiger partial charge in [-0.15, -0.1) is 11.3 Å². The van der Waals surface area contributed by atoms with Crippen molar-refractivity contribution < 1.29 is 14.3 Å². The number of thiazole rings is 1. The van der Waals surface area contributed by atoms with Crippen LogP contribution < -0.4 is 0 Å². The summed E-state index contributed by atoms with van der Waals surface area (Å²) in [5.41, 5.74) is 3.80. The largest absolute Gasteiger partial charge is 0.370 e. The van der Waals surface area contributed by atoms with E-state index in [9.17, 15) is 9.59 Å². The summed E-state index contributed by atoms with van der Waals surface area (Å²) < 4.78 is 6.15. The maximum Gasteiger partial charge on any atom is 0.266 e. The summed E-state index contributed by atoms with van der Waals surface area (Å²) in [6, 6.07) is 13.9. The summed E-state index contributed by atoms with van der Waals surface area (Å²) in [6.07, 6.45) is 5.46. The molecular formula is C23H24N4O3S. The van der Waals surface area contributed by atoms with Crippen molar-refractivity contribution in [1.82, 2.24) is 19.8 Å². The summed E-state index contributed by atoms with van der Waals surface area (Å²) in [5.74, 6) is -0.248. The molecule has 1 unspecified atom stereocenters. The molecule has 3 heterocycles. The van der Waals surface area contributed by atoms with Crippen molar-refractivity contribution >= 4 is 23.2 Å². The lowest BCUT2D eigenvalue weighted by atomic mass is 10.1. The normalized spacial score (nSPS) is 16.9. The first-order chi connectivity index (χ1) is 15.2. The van der Waals surface area contributed by atoms with E-state index >= 15 is 0 Å². The van der Waals surface area contributed by atoms with Crippen molar-refractivity contribution in [3.63, 3.8) is 0 Å². The zero-order valence-corrected chi connectivity index (χ0v) is 17.9. The Kier molecular flexibility index (Phi) is 7.01. The highest BCUT2D eigenvalue weighted by atomic mass is 32.1. The smallest absolute Gasteiger partial charge is 0.266 e. The molecule has 3 aromatic rings. The standard InChI is InChI=1S/C23H24N4O3S/c28-22-15-27(23(29)21-12-25-17-31-21)14-20(30-16-19-6-9-24-10-7-19)13-26(22)11-8-18-4-2-1-3-5-18/h1-7,9-10,12,17,20H,8,11,13-16H2. The molecule has 0 spiro atoms. The molecule has 1 aliphatic heterocycles.